The molecule has 0 N–H and O–H groups in total. The van der Waals surface area contributed by atoms with E-state index in [0.29, 0.717) is 6.20 Å². The zero-order chi connectivity index (χ0) is 16.2. The van der Waals surface area contributed by atoms with Gasteiger partial charge in [-0.15, -0.1) is 13.2 Å². The van der Waals surface area contributed by atoms with Crippen molar-refractivity contribution in [1.82, 2.24) is 4.98 Å². The summed E-state index contributed by atoms with van der Waals surface area (Å²) in [4.78, 5) is 14.6. The summed E-state index contributed by atoms with van der Waals surface area (Å²) in [5.74, 6) is -2.55. The van der Waals surface area contributed by atoms with E-state index in [2.05, 4.69) is 19.2 Å². The quantitative estimate of drug-likeness (QED) is 0.617. The Morgan fingerprint density at radius 1 is 1.33 bits per heavy atom. The number of halogens is 5. The topological polar surface area (TPSA) is 57.7 Å². The molecule has 0 amide bonds. The zero-order valence-electron chi connectivity index (χ0n) is 10.8. The maximum Gasteiger partial charge on any atom is 0.573 e. The minimum atomic E-state index is -5.18. The number of alkyl halides is 5. The molecule has 1 aromatic heterocycles. The van der Waals surface area contributed by atoms with E-state index in [4.69, 9.17) is 0 Å². The van der Waals surface area contributed by atoms with Gasteiger partial charge in [0.1, 0.15) is 0 Å². The molecule has 0 spiro atoms. The third-order valence-electron chi connectivity index (χ3n) is 2.33. The lowest BCUT2D eigenvalue weighted by atomic mass is 10.1. The molecule has 0 atom stereocenters. The Kier molecular flexibility index (Phi) is 5.28. The fourth-order valence-corrected chi connectivity index (χ4v) is 1.54. The molecule has 118 valence electrons. The van der Waals surface area contributed by atoms with E-state index in [9.17, 15) is 26.7 Å². The number of ether oxygens (including phenoxy) is 3. The fraction of sp³-hybridized carbons (Fsp3) is 0.455. The molecular formula is C11H10F5NO4. The van der Waals surface area contributed by atoms with Gasteiger partial charge in [0, 0.05) is 5.56 Å². The van der Waals surface area contributed by atoms with Crippen LogP contribution in [0, 0.1) is 0 Å². The van der Waals surface area contributed by atoms with Gasteiger partial charge in [-0.05, 0) is 0 Å². The van der Waals surface area contributed by atoms with Gasteiger partial charge in [0.05, 0.1) is 32.4 Å². The summed E-state index contributed by atoms with van der Waals surface area (Å²) >= 11 is 0. The lowest BCUT2D eigenvalue weighted by Crippen LogP contribution is -2.20. The van der Waals surface area contributed by atoms with Crippen molar-refractivity contribution in [2.24, 2.45) is 0 Å². The smallest absolute Gasteiger partial charge is 0.481 e. The minimum absolute atomic E-state index is 0.412. The van der Waals surface area contributed by atoms with Crippen molar-refractivity contribution in [1.29, 1.82) is 0 Å². The van der Waals surface area contributed by atoms with Crippen LogP contribution in [0.5, 0.6) is 11.6 Å². The maximum atomic E-state index is 13.1. The lowest BCUT2D eigenvalue weighted by molar-refractivity contribution is -0.275. The molecule has 0 aliphatic heterocycles. The van der Waals surface area contributed by atoms with Crippen LogP contribution in [0.25, 0.3) is 0 Å². The predicted octanol–water partition coefficient (Wildman–Crippen LogP) is 2.64. The summed E-state index contributed by atoms with van der Waals surface area (Å²) < 4.78 is 75.2. The van der Waals surface area contributed by atoms with Crippen molar-refractivity contribution in [3.63, 3.8) is 0 Å². The number of carbonyl (C=O) groups is 1. The summed E-state index contributed by atoms with van der Waals surface area (Å²) in [5, 5.41) is 0. The SMILES string of the molecule is COC(=O)Cc1c(OC)ncc(OC(F)(F)F)c1C(F)F. The Morgan fingerprint density at radius 3 is 2.38 bits per heavy atom. The molecule has 5 nitrogen and oxygen atoms in total. The largest absolute Gasteiger partial charge is 0.573 e. The summed E-state index contributed by atoms with van der Waals surface area (Å²) in [6, 6.07) is 0. The highest BCUT2D eigenvalue weighted by Gasteiger charge is 2.35. The Labute approximate surface area is 115 Å². The third-order valence-corrected chi connectivity index (χ3v) is 2.33. The number of hydrogen-bond donors (Lipinski definition) is 0. The molecule has 1 heterocycles. The number of nitrogens with zero attached hydrogens (tertiary/aromatic N) is 1. The average Bonchev–Trinajstić information content (AvgIpc) is 2.36. The van der Waals surface area contributed by atoms with Gasteiger partial charge in [-0.25, -0.2) is 13.8 Å². The highest BCUT2D eigenvalue weighted by molar-refractivity contribution is 5.74. The van der Waals surface area contributed by atoms with E-state index in [1.807, 2.05) is 0 Å². The Hall–Kier alpha value is -2.13. The fourth-order valence-electron chi connectivity index (χ4n) is 1.54. The number of aromatic nitrogens is 1. The number of carbonyl (C=O) groups excluding carboxylic acids is 1. The molecule has 0 fully saturated rings. The highest BCUT2D eigenvalue weighted by atomic mass is 19.4. The first kappa shape index (κ1) is 16.9. The number of hydrogen-bond acceptors (Lipinski definition) is 5. The summed E-state index contributed by atoms with van der Waals surface area (Å²) in [5.41, 5.74) is -1.65. The predicted molar refractivity (Wildman–Crippen MR) is 58.1 cm³/mol. The molecule has 1 aromatic rings. The van der Waals surface area contributed by atoms with Crippen LogP contribution < -0.4 is 9.47 Å². The molecule has 10 heteroatoms. The molecule has 0 unspecified atom stereocenters. The van der Waals surface area contributed by atoms with Crippen molar-refractivity contribution in [2.45, 2.75) is 19.2 Å². The molecule has 0 aliphatic carbocycles. The van der Waals surface area contributed by atoms with Gasteiger partial charge in [-0.1, -0.05) is 0 Å². The van der Waals surface area contributed by atoms with Gasteiger partial charge in [0.15, 0.2) is 5.75 Å². The Balaban J connectivity index is 3.41. The average molecular weight is 315 g/mol. The highest BCUT2D eigenvalue weighted by Crippen LogP contribution is 2.38. The normalized spacial score (nSPS) is 11.4. The number of pyridine rings is 1. The van der Waals surface area contributed by atoms with Crippen molar-refractivity contribution in [3.8, 4) is 11.6 Å². The van der Waals surface area contributed by atoms with Crippen LogP contribution in [0.15, 0.2) is 6.20 Å². The van der Waals surface area contributed by atoms with Crippen LogP contribution in [-0.2, 0) is 16.0 Å². The summed E-state index contributed by atoms with van der Waals surface area (Å²) in [6.45, 7) is 0. The molecule has 0 saturated heterocycles. The molecule has 1 rings (SSSR count). The van der Waals surface area contributed by atoms with E-state index in [1.165, 1.54) is 0 Å². The van der Waals surface area contributed by atoms with Gasteiger partial charge in [0.25, 0.3) is 6.43 Å². The van der Waals surface area contributed by atoms with Gasteiger partial charge >= 0.3 is 12.3 Å². The summed E-state index contributed by atoms with van der Waals surface area (Å²) in [6.07, 6.45) is -8.79. The van der Waals surface area contributed by atoms with Crippen molar-refractivity contribution < 1.29 is 41.0 Å². The lowest BCUT2D eigenvalue weighted by Gasteiger charge is -2.17. The van der Waals surface area contributed by atoms with Crippen LogP contribution in [0.3, 0.4) is 0 Å². The second-order valence-electron chi connectivity index (χ2n) is 3.63. The first-order valence-electron chi connectivity index (χ1n) is 5.36. The minimum Gasteiger partial charge on any atom is -0.481 e. The monoisotopic (exact) mass is 315 g/mol. The number of methoxy groups -OCH3 is 2. The molecule has 0 aromatic carbocycles. The Morgan fingerprint density at radius 2 is 1.95 bits per heavy atom. The molecule has 0 saturated carbocycles. The first-order valence-corrected chi connectivity index (χ1v) is 5.36. The van der Waals surface area contributed by atoms with Gasteiger partial charge in [-0.3, -0.25) is 4.79 Å². The third kappa shape index (κ3) is 4.43. The number of esters is 1. The van der Waals surface area contributed by atoms with E-state index >= 15 is 0 Å². The van der Waals surface area contributed by atoms with Gasteiger partial charge in [-0.2, -0.15) is 0 Å². The number of rotatable bonds is 5. The standard InChI is InChI=1S/C11H10F5NO4/c1-19-7(18)3-5-8(9(12)13)6(21-11(14,15)16)4-17-10(5)20-2/h4,9H,3H2,1-2H3. The summed E-state index contributed by atoms with van der Waals surface area (Å²) in [7, 11) is 2.07. The second-order valence-corrected chi connectivity index (χ2v) is 3.63. The van der Waals surface area contributed by atoms with E-state index < -0.39 is 47.9 Å². The molecule has 0 radical (unpaired) electrons. The van der Waals surface area contributed by atoms with Crippen molar-refractivity contribution in [2.75, 3.05) is 14.2 Å². The van der Waals surface area contributed by atoms with Gasteiger partial charge < -0.3 is 14.2 Å². The zero-order valence-corrected chi connectivity index (χ0v) is 10.8. The van der Waals surface area contributed by atoms with E-state index in [1.54, 1.807) is 0 Å². The molecule has 0 bridgehead atoms. The van der Waals surface area contributed by atoms with Crippen LogP contribution in [0.4, 0.5) is 22.0 Å². The molecule has 0 aliphatic rings. The van der Waals surface area contributed by atoms with Crippen molar-refractivity contribution >= 4 is 5.97 Å². The maximum absolute atomic E-state index is 13.1. The Bertz CT molecular complexity index is 518. The van der Waals surface area contributed by atoms with E-state index in [-0.39, 0.29) is 0 Å². The second kappa shape index (κ2) is 6.55. The van der Waals surface area contributed by atoms with Crippen LogP contribution in [0.1, 0.15) is 17.6 Å². The first-order chi connectivity index (χ1) is 9.69. The van der Waals surface area contributed by atoms with Gasteiger partial charge in [0.2, 0.25) is 5.88 Å². The van der Waals surface area contributed by atoms with Crippen LogP contribution in [-0.4, -0.2) is 31.5 Å². The van der Waals surface area contributed by atoms with Crippen LogP contribution >= 0.6 is 0 Å². The molecule has 21 heavy (non-hydrogen) atoms. The van der Waals surface area contributed by atoms with Crippen LogP contribution in [0.2, 0.25) is 0 Å². The molecular weight excluding hydrogens is 305 g/mol. The van der Waals surface area contributed by atoms with E-state index in [0.717, 1.165) is 14.2 Å². The van der Waals surface area contributed by atoms with Crippen molar-refractivity contribution in [3.05, 3.63) is 17.3 Å².